The van der Waals surface area contributed by atoms with E-state index in [1.165, 1.54) is 42.7 Å². The van der Waals surface area contributed by atoms with Crippen LogP contribution in [0.2, 0.25) is 0 Å². The molecule has 2 aliphatic rings. The van der Waals surface area contributed by atoms with Crippen LogP contribution in [0, 0.1) is 0 Å². The fraction of sp³-hybridized carbons (Fsp3) is 0.462. The summed E-state index contributed by atoms with van der Waals surface area (Å²) in [6.45, 7) is 3.03. The number of hydrogen-bond acceptors (Lipinski definition) is 2. The number of amides is 1. The van der Waals surface area contributed by atoms with Gasteiger partial charge in [-0.2, -0.15) is 0 Å². The lowest BCUT2D eigenvalue weighted by Gasteiger charge is -2.22. The van der Waals surface area contributed by atoms with Crippen LogP contribution >= 0.6 is 0 Å². The number of fused-ring (bicyclic) bond motifs is 1. The van der Waals surface area contributed by atoms with Crippen molar-refractivity contribution >= 4 is 11.6 Å². The molecule has 3 heteroatoms. The molecular weight excluding hydrogens is 200 g/mol. The molecule has 1 aromatic rings. The van der Waals surface area contributed by atoms with Crippen LogP contribution in [-0.4, -0.2) is 19.0 Å². The summed E-state index contributed by atoms with van der Waals surface area (Å²) in [7, 11) is 0. The molecule has 0 radical (unpaired) electrons. The number of rotatable bonds is 1. The summed E-state index contributed by atoms with van der Waals surface area (Å²) in [6, 6.07) is 6.50. The van der Waals surface area contributed by atoms with Crippen molar-refractivity contribution in [1.82, 2.24) is 5.32 Å². The molecule has 84 valence electrons. The highest BCUT2D eigenvalue weighted by atomic mass is 16.1. The number of hydrogen-bond donors (Lipinski definition) is 1. The minimum Gasteiger partial charge on any atom is -0.372 e. The van der Waals surface area contributed by atoms with Gasteiger partial charge in [-0.05, 0) is 36.1 Å². The van der Waals surface area contributed by atoms with Gasteiger partial charge in [0.2, 0.25) is 5.91 Å². The Morgan fingerprint density at radius 3 is 2.75 bits per heavy atom. The Balaban J connectivity index is 1.89. The first kappa shape index (κ1) is 9.70. The monoisotopic (exact) mass is 216 g/mol. The van der Waals surface area contributed by atoms with E-state index in [0.717, 1.165) is 0 Å². The number of nitrogens with zero attached hydrogens (tertiary/aromatic N) is 1. The summed E-state index contributed by atoms with van der Waals surface area (Å²) in [6.07, 6.45) is 3.14. The summed E-state index contributed by atoms with van der Waals surface area (Å²) in [4.78, 5) is 13.7. The lowest BCUT2D eigenvalue weighted by atomic mass is 10.00. The SMILES string of the molecule is O=C1Cc2ccc(N3CCCC3)cc2CN1. The predicted octanol–water partition coefficient (Wildman–Crippen LogP) is 1.46. The van der Waals surface area contributed by atoms with Crippen LogP contribution in [0.15, 0.2) is 18.2 Å². The van der Waals surface area contributed by atoms with Crippen LogP contribution in [-0.2, 0) is 17.8 Å². The van der Waals surface area contributed by atoms with Crippen molar-refractivity contribution in [3.05, 3.63) is 29.3 Å². The van der Waals surface area contributed by atoms with E-state index in [1.807, 2.05) is 0 Å². The van der Waals surface area contributed by atoms with Gasteiger partial charge in [0.15, 0.2) is 0 Å². The van der Waals surface area contributed by atoms with Crippen molar-refractivity contribution in [3.8, 4) is 0 Å². The van der Waals surface area contributed by atoms with Crippen LogP contribution in [0.3, 0.4) is 0 Å². The van der Waals surface area contributed by atoms with E-state index >= 15 is 0 Å². The molecule has 0 aliphatic carbocycles. The molecule has 1 fully saturated rings. The fourth-order valence-electron chi connectivity index (χ4n) is 2.55. The number of benzene rings is 1. The zero-order chi connectivity index (χ0) is 11.0. The van der Waals surface area contributed by atoms with Gasteiger partial charge >= 0.3 is 0 Å². The van der Waals surface area contributed by atoms with Crippen LogP contribution in [0.25, 0.3) is 0 Å². The average molecular weight is 216 g/mol. The van der Waals surface area contributed by atoms with Gasteiger partial charge in [0.05, 0.1) is 6.42 Å². The van der Waals surface area contributed by atoms with E-state index < -0.39 is 0 Å². The van der Waals surface area contributed by atoms with E-state index in [1.54, 1.807) is 0 Å². The van der Waals surface area contributed by atoms with Crippen molar-refractivity contribution in [2.75, 3.05) is 18.0 Å². The van der Waals surface area contributed by atoms with Gasteiger partial charge in [-0.3, -0.25) is 4.79 Å². The van der Waals surface area contributed by atoms with Gasteiger partial charge in [-0.15, -0.1) is 0 Å². The number of anilines is 1. The molecule has 3 rings (SSSR count). The van der Waals surface area contributed by atoms with E-state index in [2.05, 4.69) is 28.4 Å². The van der Waals surface area contributed by atoms with Crippen molar-refractivity contribution in [2.24, 2.45) is 0 Å². The molecule has 2 heterocycles. The third-order valence-corrected chi connectivity index (χ3v) is 3.49. The molecule has 1 saturated heterocycles. The van der Waals surface area contributed by atoms with Gasteiger partial charge in [0.25, 0.3) is 0 Å². The van der Waals surface area contributed by atoms with E-state index in [-0.39, 0.29) is 5.91 Å². The zero-order valence-electron chi connectivity index (χ0n) is 9.33. The molecule has 0 spiro atoms. The lowest BCUT2D eigenvalue weighted by Crippen LogP contribution is -2.30. The summed E-state index contributed by atoms with van der Waals surface area (Å²) in [5, 5.41) is 2.90. The summed E-state index contributed by atoms with van der Waals surface area (Å²) >= 11 is 0. The van der Waals surface area contributed by atoms with Gasteiger partial charge < -0.3 is 10.2 Å². The molecule has 0 saturated carbocycles. The molecule has 2 aliphatic heterocycles. The van der Waals surface area contributed by atoms with Crippen molar-refractivity contribution < 1.29 is 4.79 Å². The first-order valence-electron chi connectivity index (χ1n) is 5.96. The quantitative estimate of drug-likeness (QED) is 0.770. The summed E-state index contributed by atoms with van der Waals surface area (Å²) in [5.41, 5.74) is 3.78. The zero-order valence-corrected chi connectivity index (χ0v) is 9.33. The smallest absolute Gasteiger partial charge is 0.224 e. The predicted molar refractivity (Wildman–Crippen MR) is 63.4 cm³/mol. The first-order chi connectivity index (χ1) is 7.83. The van der Waals surface area contributed by atoms with Crippen LogP contribution < -0.4 is 10.2 Å². The van der Waals surface area contributed by atoms with Crippen molar-refractivity contribution in [1.29, 1.82) is 0 Å². The second-order valence-electron chi connectivity index (χ2n) is 4.60. The highest BCUT2D eigenvalue weighted by Gasteiger charge is 2.17. The summed E-state index contributed by atoms with van der Waals surface area (Å²) in [5.74, 6) is 0.140. The molecule has 0 unspecified atom stereocenters. The molecule has 3 nitrogen and oxygen atoms in total. The molecule has 0 bridgehead atoms. The minimum atomic E-state index is 0.140. The Bertz CT molecular complexity index is 422. The highest BCUT2D eigenvalue weighted by Crippen LogP contribution is 2.24. The topological polar surface area (TPSA) is 32.3 Å². The van der Waals surface area contributed by atoms with Gasteiger partial charge in [-0.1, -0.05) is 6.07 Å². The van der Waals surface area contributed by atoms with Crippen LogP contribution in [0.1, 0.15) is 24.0 Å². The van der Waals surface area contributed by atoms with E-state index in [0.29, 0.717) is 13.0 Å². The number of carbonyl (C=O) groups excluding carboxylic acids is 1. The third-order valence-electron chi connectivity index (χ3n) is 3.49. The Hall–Kier alpha value is -1.51. The maximum Gasteiger partial charge on any atom is 0.224 e. The lowest BCUT2D eigenvalue weighted by molar-refractivity contribution is -0.121. The normalized spacial score (nSPS) is 19.5. The van der Waals surface area contributed by atoms with E-state index in [9.17, 15) is 4.79 Å². The Morgan fingerprint density at radius 1 is 1.12 bits per heavy atom. The Labute approximate surface area is 95.4 Å². The Morgan fingerprint density at radius 2 is 1.94 bits per heavy atom. The highest BCUT2D eigenvalue weighted by molar-refractivity contribution is 5.81. The van der Waals surface area contributed by atoms with Crippen molar-refractivity contribution in [2.45, 2.75) is 25.8 Å². The molecule has 16 heavy (non-hydrogen) atoms. The van der Waals surface area contributed by atoms with Gasteiger partial charge in [-0.25, -0.2) is 0 Å². The maximum absolute atomic E-state index is 11.2. The van der Waals surface area contributed by atoms with Gasteiger partial charge in [0, 0.05) is 25.3 Å². The second-order valence-corrected chi connectivity index (χ2v) is 4.60. The minimum absolute atomic E-state index is 0.140. The molecule has 0 aromatic heterocycles. The first-order valence-corrected chi connectivity index (χ1v) is 5.96. The molecule has 0 atom stereocenters. The van der Waals surface area contributed by atoms with Crippen molar-refractivity contribution in [3.63, 3.8) is 0 Å². The van der Waals surface area contributed by atoms with Gasteiger partial charge in [0.1, 0.15) is 0 Å². The standard InChI is InChI=1S/C13H16N2O/c16-13-8-10-3-4-12(7-11(10)9-14-13)15-5-1-2-6-15/h3-4,7H,1-2,5-6,8-9H2,(H,14,16). The molecule has 1 amide bonds. The second kappa shape index (κ2) is 3.81. The Kier molecular flexibility index (Phi) is 2.31. The molecule has 1 N–H and O–H groups in total. The molecular formula is C13H16N2O. The number of carbonyl (C=O) groups is 1. The average Bonchev–Trinajstić information content (AvgIpc) is 2.82. The van der Waals surface area contributed by atoms with E-state index in [4.69, 9.17) is 0 Å². The van der Waals surface area contributed by atoms with Crippen LogP contribution in [0.4, 0.5) is 5.69 Å². The largest absolute Gasteiger partial charge is 0.372 e. The third kappa shape index (κ3) is 1.66. The molecule has 1 aromatic carbocycles. The number of nitrogens with one attached hydrogen (secondary N) is 1. The summed E-state index contributed by atoms with van der Waals surface area (Å²) < 4.78 is 0. The van der Waals surface area contributed by atoms with Crippen LogP contribution in [0.5, 0.6) is 0 Å². The fourth-order valence-corrected chi connectivity index (χ4v) is 2.55. The maximum atomic E-state index is 11.2.